The Balaban J connectivity index is 1.67. The molecule has 3 heteroatoms. The van der Waals surface area contributed by atoms with Gasteiger partial charge in [0.05, 0.1) is 6.10 Å². The molecule has 0 aromatic heterocycles. The molecule has 0 amide bonds. The molecule has 3 nitrogen and oxygen atoms in total. The summed E-state index contributed by atoms with van der Waals surface area (Å²) in [6, 6.07) is 0.528. The lowest BCUT2D eigenvalue weighted by Crippen LogP contribution is -2.40. The van der Waals surface area contributed by atoms with Gasteiger partial charge in [-0.25, -0.2) is 0 Å². The van der Waals surface area contributed by atoms with Crippen LogP contribution in [0, 0.1) is 5.92 Å². The Labute approximate surface area is 92.2 Å². The minimum atomic E-state index is 0.336. The number of aliphatic hydroxyl groups excluding tert-OH is 1. The first-order chi connectivity index (χ1) is 7.40. The van der Waals surface area contributed by atoms with Crippen molar-refractivity contribution in [2.45, 2.75) is 50.7 Å². The molecule has 1 saturated heterocycles. The van der Waals surface area contributed by atoms with Gasteiger partial charge < -0.3 is 15.2 Å². The zero-order valence-corrected chi connectivity index (χ0v) is 9.45. The lowest BCUT2D eigenvalue weighted by atomic mass is 10.0. The van der Waals surface area contributed by atoms with Crippen molar-refractivity contribution in [2.24, 2.45) is 5.92 Å². The van der Waals surface area contributed by atoms with Gasteiger partial charge in [-0.3, -0.25) is 0 Å². The number of nitrogens with one attached hydrogen (secondary N) is 1. The molecule has 15 heavy (non-hydrogen) atoms. The fraction of sp³-hybridized carbons (Fsp3) is 1.00. The van der Waals surface area contributed by atoms with Gasteiger partial charge in [0, 0.05) is 25.8 Å². The summed E-state index contributed by atoms with van der Waals surface area (Å²) >= 11 is 0. The second kappa shape index (κ2) is 5.83. The van der Waals surface area contributed by atoms with Crippen LogP contribution in [0.15, 0.2) is 0 Å². The summed E-state index contributed by atoms with van der Waals surface area (Å²) in [5.74, 6) is 0.480. The Morgan fingerprint density at radius 1 is 1.13 bits per heavy atom. The predicted molar refractivity (Wildman–Crippen MR) is 59.8 cm³/mol. The number of ether oxygens (including phenoxy) is 1. The van der Waals surface area contributed by atoms with Gasteiger partial charge >= 0.3 is 0 Å². The minimum Gasteiger partial charge on any atom is -0.396 e. The Kier molecular flexibility index (Phi) is 4.42. The van der Waals surface area contributed by atoms with Gasteiger partial charge in [-0.05, 0) is 38.0 Å². The number of aliphatic hydroxyl groups is 1. The van der Waals surface area contributed by atoms with Crippen molar-refractivity contribution in [1.82, 2.24) is 5.32 Å². The van der Waals surface area contributed by atoms with E-state index in [2.05, 4.69) is 5.32 Å². The van der Waals surface area contributed by atoms with E-state index in [9.17, 15) is 5.11 Å². The van der Waals surface area contributed by atoms with E-state index in [4.69, 9.17) is 4.74 Å². The second-order valence-corrected chi connectivity index (χ2v) is 4.88. The fourth-order valence-corrected chi connectivity index (χ4v) is 2.78. The highest BCUT2D eigenvalue weighted by atomic mass is 16.5. The Bertz CT molecular complexity index is 180. The highest BCUT2D eigenvalue weighted by Crippen LogP contribution is 2.25. The van der Waals surface area contributed by atoms with E-state index in [0.29, 0.717) is 24.7 Å². The van der Waals surface area contributed by atoms with E-state index >= 15 is 0 Å². The van der Waals surface area contributed by atoms with Crippen LogP contribution < -0.4 is 5.32 Å². The van der Waals surface area contributed by atoms with Crippen LogP contribution in [0.1, 0.15) is 38.5 Å². The van der Waals surface area contributed by atoms with Crippen LogP contribution in [-0.2, 0) is 4.74 Å². The topological polar surface area (TPSA) is 41.5 Å². The van der Waals surface area contributed by atoms with Crippen LogP contribution in [0.3, 0.4) is 0 Å². The molecule has 0 radical (unpaired) electrons. The summed E-state index contributed by atoms with van der Waals surface area (Å²) in [5, 5.41) is 12.8. The van der Waals surface area contributed by atoms with Crippen molar-refractivity contribution < 1.29 is 9.84 Å². The zero-order valence-electron chi connectivity index (χ0n) is 9.45. The molecule has 1 aliphatic heterocycles. The molecule has 2 aliphatic rings. The molecular weight excluding hydrogens is 190 g/mol. The third-order valence-electron chi connectivity index (χ3n) is 3.78. The van der Waals surface area contributed by atoms with Crippen molar-refractivity contribution in [3.05, 3.63) is 0 Å². The van der Waals surface area contributed by atoms with Crippen molar-refractivity contribution in [1.29, 1.82) is 0 Å². The predicted octanol–water partition coefficient (Wildman–Crippen LogP) is 1.31. The average Bonchev–Trinajstić information content (AvgIpc) is 2.75. The molecule has 0 bridgehead atoms. The largest absolute Gasteiger partial charge is 0.396 e. The first-order valence-corrected chi connectivity index (χ1v) is 6.36. The molecule has 3 unspecified atom stereocenters. The second-order valence-electron chi connectivity index (χ2n) is 4.88. The summed E-state index contributed by atoms with van der Waals surface area (Å²) in [6.07, 6.45) is 7.80. The third-order valence-corrected chi connectivity index (χ3v) is 3.78. The molecule has 2 rings (SSSR count). The lowest BCUT2D eigenvalue weighted by Gasteiger charge is -2.26. The summed E-state index contributed by atoms with van der Waals surface area (Å²) in [4.78, 5) is 0. The van der Waals surface area contributed by atoms with E-state index in [0.717, 1.165) is 13.2 Å². The van der Waals surface area contributed by atoms with Crippen LogP contribution in [0.5, 0.6) is 0 Å². The van der Waals surface area contributed by atoms with Gasteiger partial charge in [0.2, 0.25) is 0 Å². The van der Waals surface area contributed by atoms with Crippen LogP contribution >= 0.6 is 0 Å². The van der Waals surface area contributed by atoms with Crippen LogP contribution in [0.25, 0.3) is 0 Å². The Hall–Kier alpha value is -0.120. The SMILES string of the molecule is OCC1CCCC1NCC1CCCCO1. The molecule has 2 N–H and O–H groups in total. The normalized spacial score (nSPS) is 37.0. The summed E-state index contributed by atoms with van der Waals surface area (Å²) in [5.41, 5.74) is 0. The minimum absolute atomic E-state index is 0.336. The average molecular weight is 213 g/mol. The number of hydrogen-bond acceptors (Lipinski definition) is 3. The first-order valence-electron chi connectivity index (χ1n) is 6.36. The summed E-state index contributed by atoms with van der Waals surface area (Å²) in [7, 11) is 0. The molecule has 1 aliphatic carbocycles. The van der Waals surface area contributed by atoms with E-state index in [-0.39, 0.29) is 0 Å². The first kappa shape index (κ1) is 11.4. The standard InChI is InChI=1S/C12H23NO2/c14-9-10-4-3-6-12(10)13-8-11-5-1-2-7-15-11/h10-14H,1-9H2. The van der Waals surface area contributed by atoms with Crippen LogP contribution in [0.2, 0.25) is 0 Å². The van der Waals surface area contributed by atoms with Gasteiger partial charge in [0.25, 0.3) is 0 Å². The molecule has 0 aromatic rings. The van der Waals surface area contributed by atoms with Crippen molar-refractivity contribution >= 4 is 0 Å². The number of rotatable bonds is 4. The van der Waals surface area contributed by atoms with Gasteiger partial charge in [0.15, 0.2) is 0 Å². The smallest absolute Gasteiger partial charge is 0.0699 e. The highest BCUT2D eigenvalue weighted by Gasteiger charge is 2.27. The quantitative estimate of drug-likeness (QED) is 0.740. The summed E-state index contributed by atoms with van der Waals surface area (Å²) in [6.45, 7) is 2.24. The molecule has 1 heterocycles. The Morgan fingerprint density at radius 2 is 2.07 bits per heavy atom. The monoisotopic (exact) mass is 213 g/mol. The molecule has 0 spiro atoms. The Morgan fingerprint density at radius 3 is 2.80 bits per heavy atom. The molecule has 1 saturated carbocycles. The molecule has 0 aromatic carbocycles. The van der Waals surface area contributed by atoms with Crippen molar-refractivity contribution in [2.75, 3.05) is 19.8 Å². The van der Waals surface area contributed by atoms with Crippen LogP contribution in [0.4, 0.5) is 0 Å². The zero-order chi connectivity index (χ0) is 10.5. The molecule has 3 atom stereocenters. The van der Waals surface area contributed by atoms with Gasteiger partial charge in [0.1, 0.15) is 0 Å². The van der Waals surface area contributed by atoms with Gasteiger partial charge in [-0.2, -0.15) is 0 Å². The van der Waals surface area contributed by atoms with Crippen molar-refractivity contribution in [3.8, 4) is 0 Å². The fourth-order valence-electron chi connectivity index (χ4n) is 2.78. The molecule has 2 fully saturated rings. The summed E-state index contributed by atoms with van der Waals surface area (Å²) < 4.78 is 5.68. The molecule has 88 valence electrons. The highest BCUT2D eigenvalue weighted by molar-refractivity contribution is 4.83. The lowest BCUT2D eigenvalue weighted by molar-refractivity contribution is 0.0140. The van der Waals surface area contributed by atoms with E-state index in [1.165, 1.54) is 38.5 Å². The van der Waals surface area contributed by atoms with E-state index < -0.39 is 0 Å². The van der Waals surface area contributed by atoms with Gasteiger partial charge in [-0.1, -0.05) is 6.42 Å². The maximum atomic E-state index is 9.20. The third kappa shape index (κ3) is 3.16. The molecular formula is C12H23NO2. The maximum absolute atomic E-state index is 9.20. The van der Waals surface area contributed by atoms with Crippen molar-refractivity contribution in [3.63, 3.8) is 0 Å². The van der Waals surface area contributed by atoms with E-state index in [1.54, 1.807) is 0 Å². The van der Waals surface area contributed by atoms with Crippen LogP contribution in [-0.4, -0.2) is 37.0 Å². The van der Waals surface area contributed by atoms with Gasteiger partial charge in [-0.15, -0.1) is 0 Å². The number of hydrogen-bond donors (Lipinski definition) is 2. The maximum Gasteiger partial charge on any atom is 0.0699 e. The van der Waals surface area contributed by atoms with E-state index in [1.807, 2.05) is 0 Å².